The molecule has 2 heterocycles. The first kappa shape index (κ1) is 9.46. The summed E-state index contributed by atoms with van der Waals surface area (Å²) in [4.78, 5) is 18.1. The van der Waals surface area contributed by atoms with Crippen molar-refractivity contribution in [2.24, 2.45) is 0 Å². The monoisotopic (exact) mass is 229 g/mol. The van der Waals surface area contributed by atoms with Gasteiger partial charge in [-0.05, 0) is 22.6 Å². The third-order valence-corrected chi connectivity index (χ3v) is 2.12. The van der Waals surface area contributed by atoms with Gasteiger partial charge in [0.25, 0.3) is 5.78 Å². The van der Waals surface area contributed by atoms with E-state index in [0.29, 0.717) is 5.95 Å². The Morgan fingerprint density at radius 3 is 2.88 bits per heavy atom. The molecule has 0 amide bonds. The molecular weight excluding hydrogens is 222 g/mol. The Balaban J connectivity index is 2.04. The van der Waals surface area contributed by atoms with E-state index in [-0.39, 0.29) is 5.78 Å². The predicted molar refractivity (Wildman–Crippen MR) is 58.9 cm³/mol. The third-order valence-electron chi connectivity index (χ3n) is 2.12. The number of rotatable bonds is 2. The van der Waals surface area contributed by atoms with Crippen LogP contribution in [-0.4, -0.2) is 30.0 Å². The number of aromatic amines is 1. The van der Waals surface area contributed by atoms with Gasteiger partial charge in [-0.2, -0.15) is 4.98 Å². The Morgan fingerprint density at radius 1 is 1.24 bits per heavy atom. The van der Waals surface area contributed by atoms with Crippen LogP contribution in [0.2, 0.25) is 0 Å². The smallest absolute Gasteiger partial charge is 0.326 e. The Bertz CT molecular complexity index is 702. The summed E-state index contributed by atoms with van der Waals surface area (Å²) in [6, 6.07) is 9.35. The minimum Gasteiger partial charge on any atom is -0.326 e. The van der Waals surface area contributed by atoms with Gasteiger partial charge in [0.05, 0.1) is 0 Å². The fourth-order valence-corrected chi connectivity index (χ4v) is 1.38. The summed E-state index contributed by atoms with van der Waals surface area (Å²) in [5.74, 6) is 0.440. The van der Waals surface area contributed by atoms with Crippen molar-refractivity contribution >= 4 is 17.4 Å². The Labute approximate surface area is 94.3 Å². The fraction of sp³-hybridized carbons (Fsp3) is 0. The maximum atomic E-state index is 11.5. The molecule has 3 rings (SSSR count). The highest BCUT2D eigenvalue weighted by atomic mass is 16.1. The van der Waals surface area contributed by atoms with Crippen molar-refractivity contribution in [1.82, 2.24) is 30.0 Å². The summed E-state index contributed by atoms with van der Waals surface area (Å²) in [5.41, 5.74) is 0.367. The highest BCUT2D eigenvalue weighted by molar-refractivity contribution is 5.53. The molecule has 0 saturated carbocycles. The quantitative estimate of drug-likeness (QED) is 0.639. The Kier molecular flexibility index (Phi) is 2.04. The van der Waals surface area contributed by atoms with Crippen LogP contribution in [0.25, 0.3) is 5.78 Å². The molecular formula is C9H7N7O. The lowest BCUT2D eigenvalue weighted by atomic mass is 10.3. The second-order valence-electron chi connectivity index (χ2n) is 3.27. The highest BCUT2D eigenvalue weighted by Gasteiger charge is 2.05. The van der Waals surface area contributed by atoms with Crippen molar-refractivity contribution in [1.29, 1.82) is 0 Å². The standard InChI is InChI=1S/C9H7N7O/c17-9-12-7(10-6-4-2-1-3-5-6)11-8-13-14-15-16(8)9/h1-5H,(H2,10,11,12,13,15,17). The molecule has 2 aromatic heterocycles. The molecule has 0 bridgehead atoms. The molecule has 0 aliphatic carbocycles. The van der Waals surface area contributed by atoms with E-state index in [1.165, 1.54) is 0 Å². The zero-order valence-corrected chi connectivity index (χ0v) is 8.53. The largest absolute Gasteiger partial charge is 0.353 e. The second-order valence-corrected chi connectivity index (χ2v) is 3.27. The zero-order valence-electron chi connectivity index (χ0n) is 8.53. The lowest BCUT2D eigenvalue weighted by Gasteiger charge is -2.03. The van der Waals surface area contributed by atoms with Crippen molar-refractivity contribution in [3.8, 4) is 0 Å². The molecule has 84 valence electrons. The van der Waals surface area contributed by atoms with Crippen LogP contribution in [0, 0.1) is 0 Å². The molecule has 0 spiro atoms. The van der Waals surface area contributed by atoms with E-state index in [0.717, 1.165) is 10.2 Å². The summed E-state index contributed by atoms with van der Waals surface area (Å²) >= 11 is 0. The van der Waals surface area contributed by atoms with Gasteiger partial charge in [0, 0.05) is 5.69 Å². The van der Waals surface area contributed by atoms with Crippen LogP contribution in [0.15, 0.2) is 35.1 Å². The van der Waals surface area contributed by atoms with Gasteiger partial charge in [0.1, 0.15) is 0 Å². The number of tetrazole rings is 1. The van der Waals surface area contributed by atoms with Crippen LogP contribution in [0.1, 0.15) is 0 Å². The van der Waals surface area contributed by atoms with Gasteiger partial charge in [0.2, 0.25) is 5.95 Å². The van der Waals surface area contributed by atoms with Crippen molar-refractivity contribution in [3.05, 3.63) is 40.8 Å². The van der Waals surface area contributed by atoms with Crippen molar-refractivity contribution in [2.45, 2.75) is 0 Å². The average Bonchev–Trinajstić information content (AvgIpc) is 2.79. The minimum absolute atomic E-state index is 0.146. The van der Waals surface area contributed by atoms with E-state index in [9.17, 15) is 4.79 Å². The van der Waals surface area contributed by atoms with Crippen molar-refractivity contribution in [2.75, 3.05) is 5.32 Å². The number of nitrogens with one attached hydrogen (secondary N) is 2. The lowest BCUT2D eigenvalue weighted by molar-refractivity contribution is 0.775. The molecule has 0 aliphatic rings. The third kappa shape index (κ3) is 1.71. The van der Waals surface area contributed by atoms with Crippen molar-refractivity contribution in [3.63, 3.8) is 0 Å². The lowest BCUT2D eigenvalue weighted by Crippen LogP contribution is -2.20. The first-order valence-corrected chi connectivity index (χ1v) is 4.83. The van der Waals surface area contributed by atoms with Crippen molar-refractivity contribution < 1.29 is 0 Å². The molecule has 0 fully saturated rings. The molecule has 8 heteroatoms. The van der Waals surface area contributed by atoms with Crippen LogP contribution in [-0.2, 0) is 0 Å². The molecule has 3 aromatic rings. The summed E-state index contributed by atoms with van der Waals surface area (Å²) < 4.78 is 0.982. The number of para-hydroxylation sites is 1. The van der Waals surface area contributed by atoms with E-state index in [1.54, 1.807) is 0 Å². The Hall–Kier alpha value is -2.77. The van der Waals surface area contributed by atoms with Gasteiger partial charge in [-0.25, -0.2) is 4.79 Å². The highest BCUT2D eigenvalue weighted by Crippen LogP contribution is 2.10. The Morgan fingerprint density at radius 2 is 2.06 bits per heavy atom. The van der Waals surface area contributed by atoms with Gasteiger partial charge < -0.3 is 5.32 Å². The number of hydrogen-bond acceptors (Lipinski definition) is 6. The van der Waals surface area contributed by atoms with Gasteiger partial charge >= 0.3 is 5.69 Å². The van der Waals surface area contributed by atoms with E-state index in [4.69, 9.17) is 0 Å². The number of anilines is 2. The number of benzene rings is 1. The van der Waals surface area contributed by atoms with E-state index in [1.807, 2.05) is 30.3 Å². The number of nitrogens with zero attached hydrogens (tertiary/aromatic N) is 5. The molecule has 0 unspecified atom stereocenters. The molecule has 1 aromatic carbocycles. The molecule has 0 aliphatic heterocycles. The van der Waals surface area contributed by atoms with Crippen LogP contribution < -0.4 is 11.0 Å². The number of aromatic nitrogens is 6. The van der Waals surface area contributed by atoms with Gasteiger partial charge in [0.15, 0.2) is 0 Å². The van der Waals surface area contributed by atoms with E-state index in [2.05, 4.69) is 30.8 Å². The molecule has 8 nitrogen and oxygen atoms in total. The topological polar surface area (TPSA) is 101 Å². The number of hydrogen-bond donors (Lipinski definition) is 2. The molecule has 0 atom stereocenters. The van der Waals surface area contributed by atoms with Crippen LogP contribution in [0.5, 0.6) is 0 Å². The van der Waals surface area contributed by atoms with Crippen LogP contribution in [0.3, 0.4) is 0 Å². The first-order valence-electron chi connectivity index (χ1n) is 4.83. The number of H-pyrrole nitrogens is 1. The number of fused-ring (bicyclic) bond motifs is 1. The predicted octanol–water partition coefficient (Wildman–Crippen LogP) is -0.0488. The van der Waals surface area contributed by atoms with Gasteiger partial charge in [-0.3, -0.25) is 4.98 Å². The van der Waals surface area contributed by atoms with Gasteiger partial charge in [-0.15, -0.1) is 4.52 Å². The maximum absolute atomic E-state index is 11.5. The fourth-order valence-electron chi connectivity index (χ4n) is 1.38. The SMILES string of the molecule is O=c1[nH]c(Nc2ccccc2)nc2nnnn12. The summed E-state index contributed by atoms with van der Waals surface area (Å²) in [5, 5.41) is 13.4. The average molecular weight is 229 g/mol. The summed E-state index contributed by atoms with van der Waals surface area (Å²) in [6.45, 7) is 0. The molecule has 17 heavy (non-hydrogen) atoms. The molecule has 0 radical (unpaired) electrons. The second kappa shape index (κ2) is 3.67. The molecule has 2 N–H and O–H groups in total. The normalized spacial score (nSPS) is 10.6. The molecule has 0 saturated heterocycles. The maximum Gasteiger partial charge on any atom is 0.353 e. The van der Waals surface area contributed by atoms with Crippen LogP contribution >= 0.6 is 0 Å². The van der Waals surface area contributed by atoms with Gasteiger partial charge in [-0.1, -0.05) is 23.3 Å². The summed E-state index contributed by atoms with van der Waals surface area (Å²) in [7, 11) is 0. The first-order chi connectivity index (χ1) is 8.33. The summed E-state index contributed by atoms with van der Waals surface area (Å²) in [6.07, 6.45) is 0. The van der Waals surface area contributed by atoms with E-state index < -0.39 is 5.69 Å². The zero-order chi connectivity index (χ0) is 11.7. The minimum atomic E-state index is -0.446. The van der Waals surface area contributed by atoms with E-state index >= 15 is 0 Å². The van der Waals surface area contributed by atoms with Crippen LogP contribution in [0.4, 0.5) is 11.6 Å².